The molecule has 38 heavy (non-hydrogen) atoms. The lowest BCUT2D eigenvalue weighted by Gasteiger charge is -2.36. The van der Waals surface area contributed by atoms with Crippen LogP contribution < -0.4 is 21.1 Å². The van der Waals surface area contributed by atoms with Crippen molar-refractivity contribution < 1.29 is 36.8 Å². The van der Waals surface area contributed by atoms with Crippen LogP contribution in [0.1, 0.15) is 29.1 Å². The summed E-state index contributed by atoms with van der Waals surface area (Å²) in [4.78, 5) is 29.1. The van der Waals surface area contributed by atoms with Crippen LogP contribution in [0.2, 0.25) is 0 Å². The Bertz CT molecular complexity index is 1260. The maximum atomic E-state index is 12.5. The summed E-state index contributed by atoms with van der Waals surface area (Å²) in [6, 6.07) is 10.8. The number of nitrogens with two attached hydrogens (primary N) is 2. The highest BCUT2D eigenvalue weighted by atomic mass is 19.4. The van der Waals surface area contributed by atoms with E-state index in [0.29, 0.717) is 36.4 Å². The number of ether oxygens (including phenoxy) is 2. The number of carbonyl (C=O) groups is 2. The third kappa shape index (κ3) is 7.14. The molecule has 1 atom stereocenters. The molecule has 10 nitrogen and oxygen atoms in total. The van der Waals surface area contributed by atoms with Crippen molar-refractivity contribution in [3.8, 4) is 16.9 Å². The van der Waals surface area contributed by atoms with Gasteiger partial charge in [0.2, 0.25) is 0 Å². The smallest absolute Gasteiger partial charge is 0.449 e. The quantitative estimate of drug-likeness (QED) is 0.421. The van der Waals surface area contributed by atoms with Crippen LogP contribution in [0.4, 0.5) is 23.8 Å². The molecule has 0 radical (unpaired) electrons. The number of anilines is 1. The zero-order valence-corrected chi connectivity index (χ0v) is 20.2. The van der Waals surface area contributed by atoms with Gasteiger partial charge in [-0.1, -0.05) is 17.3 Å². The maximum Gasteiger partial charge on any atom is 0.573 e. The molecule has 1 aliphatic rings. The summed E-state index contributed by atoms with van der Waals surface area (Å²) in [5.74, 6) is 0.261. The fourth-order valence-corrected chi connectivity index (χ4v) is 4.55. The van der Waals surface area contributed by atoms with E-state index in [1.807, 2.05) is 6.07 Å². The van der Waals surface area contributed by atoms with Crippen molar-refractivity contribution in [2.75, 3.05) is 24.6 Å². The molecule has 0 saturated carbocycles. The fourth-order valence-electron chi connectivity index (χ4n) is 4.55. The van der Waals surface area contributed by atoms with Crippen molar-refractivity contribution in [3.05, 3.63) is 60.1 Å². The summed E-state index contributed by atoms with van der Waals surface area (Å²) in [6.07, 6.45) is -2.10. The Morgan fingerprint density at radius 2 is 1.87 bits per heavy atom. The van der Waals surface area contributed by atoms with Gasteiger partial charge >= 0.3 is 12.5 Å². The van der Waals surface area contributed by atoms with Gasteiger partial charge in [0.1, 0.15) is 17.3 Å². The first-order valence-corrected chi connectivity index (χ1v) is 11.8. The number of nitrogens with zero attached hydrogens (tertiary/aromatic N) is 3. The Morgan fingerprint density at radius 3 is 2.47 bits per heavy atom. The number of benzene rings is 1. The predicted molar refractivity (Wildman–Crippen MR) is 129 cm³/mol. The van der Waals surface area contributed by atoms with Crippen LogP contribution in [0, 0.1) is 11.8 Å². The van der Waals surface area contributed by atoms with Crippen LogP contribution in [0.15, 0.2) is 53.2 Å². The highest BCUT2D eigenvalue weighted by molar-refractivity contribution is 5.90. The normalized spacial score (nSPS) is 15.2. The Kier molecular flexibility index (Phi) is 8.03. The van der Waals surface area contributed by atoms with Crippen molar-refractivity contribution in [2.45, 2.75) is 25.6 Å². The van der Waals surface area contributed by atoms with Gasteiger partial charge < -0.3 is 30.4 Å². The van der Waals surface area contributed by atoms with Gasteiger partial charge in [-0.2, -0.15) is 0 Å². The molecule has 1 saturated heterocycles. The fraction of sp³-hybridized carbons (Fsp3) is 0.360. The molecule has 1 fully saturated rings. The number of piperidine rings is 1. The van der Waals surface area contributed by atoms with Crippen molar-refractivity contribution >= 4 is 17.8 Å². The monoisotopic (exact) mass is 533 g/mol. The molecular formula is C25H26F3N5O5. The molecule has 1 aromatic carbocycles. The summed E-state index contributed by atoms with van der Waals surface area (Å²) in [5, 5.41) is 3.65. The van der Waals surface area contributed by atoms with E-state index in [1.165, 1.54) is 24.3 Å². The van der Waals surface area contributed by atoms with Gasteiger partial charge in [-0.05, 0) is 48.6 Å². The number of pyridine rings is 1. The van der Waals surface area contributed by atoms with Crippen LogP contribution in [0.25, 0.3) is 11.1 Å². The lowest BCUT2D eigenvalue weighted by atomic mass is 9.82. The van der Waals surface area contributed by atoms with Gasteiger partial charge in [0.05, 0.1) is 6.61 Å². The van der Waals surface area contributed by atoms with Crippen molar-refractivity contribution in [1.29, 1.82) is 0 Å². The third-order valence-corrected chi connectivity index (χ3v) is 6.39. The molecule has 4 rings (SSSR count). The minimum absolute atomic E-state index is 0.0264. The number of amides is 2. The molecule has 1 aliphatic heterocycles. The average molecular weight is 534 g/mol. The summed E-state index contributed by atoms with van der Waals surface area (Å²) in [7, 11) is 0. The van der Waals surface area contributed by atoms with Gasteiger partial charge in [-0.25, -0.2) is 9.78 Å². The minimum Gasteiger partial charge on any atom is -0.449 e. The summed E-state index contributed by atoms with van der Waals surface area (Å²) in [6.45, 7) is 1.46. The van der Waals surface area contributed by atoms with E-state index in [9.17, 15) is 22.8 Å². The lowest BCUT2D eigenvalue weighted by molar-refractivity contribution is -0.274. The highest BCUT2D eigenvalue weighted by Gasteiger charge is 2.31. The van der Waals surface area contributed by atoms with Gasteiger partial charge in [0.25, 0.3) is 5.91 Å². The van der Waals surface area contributed by atoms with Gasteiger partial charge in [0.15, 0.2) is 5.69 Å². The number of carbonyl (C=O) groups excluding carboxylic acids is 2. The highest BCUT2D eigenvalue weighted by Crippen LogP contribution is 2.32. The molecular weight excluding hydrogens is 507 g/mol. The maximum absolute atomic E-state index is 12.5. The number of alkyl halides is 3. The molecule has 1 unspecified atom stereocenters. The Labute approximate surface area is 215 Å². The molecule has 3 heterocycles. The van der Waals surface area contributed by atoms with Crippen LogP contribution in [-0.2, 0) is 11.2 Å². The molecule has 0 bridgehead atoms. The molecule has 0 aliphatic carbocycles. The molecule has 2 aromatic heterocycles. The minimum atomic E-state index is -4.76. The van der Waals surface area contributed by atoms with Crippen LogP contribution >= 0.6 is 0 Å². The number of aromatic nitrogens is 2. The SMILES string of the molecule is NC(=O)OCC(Cc1cc(C(N)=O)no1)C1CCN(c2ccc(-c3cccc(OC(F)(F)F)c3)cn2)CC1. The first-order valence-electron chi connectivity index (χ1n) is 11.8. The average Bonchev–Trinajstić information content (AvgIpc) is 3.35. The number of rotatable bonds is 9. The summed E-state index contributed by atoms with van der Waals surface area (Å²) >= 11 is 0. The number of hydrogen-bond acceptors (Lipinski definition) is 8. The van der Waals surface area contributed by atoms with Crippen LogP contribution in [-0.4, -0.2) is 48.2 Å². The van der Waals surface area contributed by atoms with E-state index in [4.69, 9.17) is 20.7 Å². The topological polar surface area (TPSA) is 147 Å². The second-order valence-corrected chi connectivity index (χ2v) is 8.94. The molecule has 0 spiro atoms. The molecule has 2 amide bonds. The number of halogens is 3. The Hall–Kier alpha value is -4.29. The van der Waals surface area contributed by atoms with Gasteiger partial charge in [0, 0.05) is 43.3 Å². The predicted octanol–water partition coefficient (Wildman–Crippen LogP) is 3.90. The summed E-state index contributed by atoms with van der Waals surface area (Å²) < 4.78 is 51.9. The van der Waals surface area contributed by atoms with E-state index in [2.05, 4.69) is 19.8 Å². The standard InChI is InChI=1S/C25H26F3N5O5/c26-25(27,28)37-19-3-1-2-16(10-19)17-4-5-22(31-13-17)33-8-6-15(7-9-33)18(14-36-24(30)35)11-20-12-21(23(29)34)32-38-20/h1-5,10,12-13,15,18H,6-9,11,14H2,(H2,29,34)(H2,30,35). The largest absolute Gasteiger partial charge is 0.573 e. The lowest BCUT2D eigenvalue weighted by Crippen LogP contribution is -2.38. The van der Waals surface area contributed by atoms with Gasteiger partial charge in [-0.15, -0.1) is 13.2 Å². The molecule has 4 N–H and O–H groups in total. The van der Waals surface area contributed by atoms with Crippen molar-refractivity contribution in [3.63, 3.8) is 0 Å². The zero-order valence-electron chi connectivity index (χ0n) is 20.2. The third-order valence-electron chi connectivity index (χ3n) is 6.39. The van der Waals surface area contributed by atoms with E-state index >= 15 is 0 Å². The first-order chi connectivity index (χ1) is 18.1. The first kappa shape index (κ1) is 26.8. The summed E-state index contributed by atoms with van der Waals surface area (Å²) in [5.41, 5.74) is 11.6. The van der Waals surface area contributed by atoms with Gasteiger partial charge in [-0.3, -0.25) is 4.79 Å². The van der Waals surface area contributed by atoms with E-state index in [0.717, 1.165) is 18.7 Å². The number of primary amides is 2. The van der Waals surface area contributed by atoms with E-state index in [1.54, 1.807) is 18.3 Å². The second kappa shape index (κ2) is 11.4. The zero-order chi connectivity index (χ0) is 27.3. The number of hydrogen-bond donors (Lipinski definition) is 2. The van der Waals surface area contributed by atoms with Crippen LogP contribution in [0.3, 0.4) is 0 Å². The second-order valence-electron chi connectivity index (χ2n) is 8.94. The molecule has 202 valence electrons. The van der Waals surface area contributed by atoms with E-state index in [-0.39, 0.29) is 29.9 Å². The molecule has 13 heteroatoms. The van der Waals surface area contributed by atoms with Crippen molar-refractivity contribution in [1.82, 2.24) is 10.1 Å². The van der Waals surface area contributed by atoms with Crippen LogP contribution in [0.5, 0.6) is 5.75 Å². The Balaban J connectivity index is 1.38. The van der Waals surface area contributed by atoms with E-state index < -0.39 is 18.4 Å². The van der Waals surface area contributed by atoms with Crippen molar-refractivity contribution in [2.24, 2.45) is 23.3 Å². The molecule has 3 aromatic rings. The Morgan fingerprint density at radius 1 is 1.11 bits per heavy atom.